The molecule has 16 heavy (non-hydrogen) atoms. The highest BCUT2D eigenvalue weighted by Gasteiger charge is 2.31. The molecule has 0 heterocycles. The summed E-state index contributed by atoms with van der Waals surface area (Å²) >= 11 is 0. The van der Waals surface area contributed by atoms with Crippen molar-refractivity contribution in [2.24, 2.45) is 5.73 Å². The standard InChI is InChI=1S/C12H24N2O2/c1-9(7-10(2)15)14-11(16)8-12(13)5-3-4-6-12/h9-10,15H,3-8,13H2,1-2H3,(H,14,16). The predicted octanol–water partition coefficient (Wildman–Crippen LogP) is 0.924. The third-order valence-electron chi connectivity index (χ3n) is 3.21. The molecule has 1 saturated carbocycles. The molecule has 0 saturated heterocycles. The van der Waals surface area contributed by atoms with Crippen molar-refractivity contribution < 1.29 is 9.90 Å². The Balaban J connectivity index is 2.29. The highest BCUT2D eigenvalue weighted by atomic mass is 16.3. The SMILES string of the molecule is CC(O)CC(C)NC(=O)CC1(N)CCCC1. The van der Waals surface area contributed by atoms with Crippen molar-refractivity contribution in [3.63, 3.8) is 0 Å². The van der Waals surface area contributed by atoms with E-state index in [0.717, 1.165) is 25.7 Å². The van der Waals surface area contributed by atoms with Crippen molar-refractivity contribution >= 4 is 5.91 Å². The summed E-state index contributed by atoms with van der Waals surface area (Å²) in [4.78, 5) is 11.7. The number of hydrogen-bond donors (Lipinski definition) is 3. The van der Waals surface area contributed by atoms with Gasteiger partial charge in [0.15, 0.2) is 0 Å². The van der Waals surface area contributed by atoms with Gasteiger partial charge in [-0.05, 0) is 33.1 Å². The van der Waals surface area contributed by atoms with Crippen LogP contribution in [0.5, 0.6) is 0 Å². The minimum atomic E-state index is -0.381. The van der Waals surface area contributed by atoms with E-state index in [0.29, 0.717) is 12.8 Å². The number of aliphatic hydroxyl groups is 1. The third kappa shape index (κ3) is 4.49. The number of aliphatic hydroxyl groups excluding tert-OH is 1. The van der Waals surface area contributed by atoms with E-state index in [1.54, 1.807) is 6.92 Å². The molecule has 4 nitrogen and oxygen atoms in total. The summed E-state index contributed by atoms with van der Waals surface area (Å²) in [6.45, 7) is 3.63. The maximum atomic E-state index is 11.7. The van der Waals surface area contributed by atoms with Crippen molar-refractivity contribution in [3.05, 3.63) is 0 Å². The van der Waals surface area contributed by atoms with Crippen molar-refractivity contribution in [2.75, 3.05) is 0 Å². The first-order valence-electron chi connectivity index (χ1n) is 6.18. The van der Waals surface area contributed by atoms with Gasteiger partial charge in [0.2, 0.25) is 5.91 Å². The lowest BCUT2D eigenvalue weighted by molar-refractivity contribution is -0.123. The van der Waals surface area contributed by atoms with Gasteiger partial charge in [0.25, 0.3) is 0 Å². The summed E-state index contributed by atoms with van der Waals surface area (Å²) in [6, 6.07) is 0.0116. The molecule has 0 aromatic heterocycles. The Morgan fingerprint density at radius 2 is 2.00 bits per heavy atom. The van der Waals surface area contributed by atoms with E-state index in [-0.39, 0.29) is 23.6 Å². The quantitative estimate of drug-likeness (QED) is 0.655. The number of amides is 1. The second-order valence-electron chi connectivity index (χ2n) is 5.30. The van der Waals surface area contributed by atoms with Gasteiger partial charge in [-0.25, -0.2) is 0 Å². The Bertz CT molecular complexity index is 235. The van der Waals surface area contributed by atoms with Crippen LogP contribution in [0.1, 0.15) is 52.4 Å². The Kier molecular flexibility index (Phi) is 4.74. The molecule has 0 spiro atoms. The zero-order chi connectivity index (χ0) is 12.2. The normalized spacial score (nSPS) is 22.8. The monoisotopic (exact) mass is 228 g/mol. The summed E-state index contributed by atoms with van der Waals surface area (Å²) in [5, 5.41) is 12.1. The van der Waals surface area contributed by atoms with E-state index >= 15 is 0 Å². The Hall–Kier alpha value is -0.610. The van der Waals surface area contributed by atoms with Crippen molar-refractivity contribution in [1.29, 1.82) is 0 Å². The first-order valence-corrected chi connectivity index (χ1v) is 6.18. The smallest absolute Gasteiger partial charge is 0.222 e. The fourth-order valence-corrected chi connectivity index (χ4v) is 2.47. The second kappa shape index (κ2) is 5.64. The molecular formula is C12H24N2O2. The van der Waals surface area contributed by atoms with Crippen LogP contribution < -0.4 is 11.1 Å². The van der Waals surface area contributed by atoms with Gasteiger partial charge in [0, 0.05) is 18.0 Å². The molecule has 2 atom stereocenters. The molecule has 1 amide bonds. The molecule has 1 fully saturated rings. The van der Waals surface area contributed by atoms with E-state index in [4.69, 9.17) is 5.73 Å². The highest BCUT2D eigenvalue weighted by Crippen LogP contribution is 2.29. The van der Waals surface area contributed by atoms with E-state index in [1.807, 2.05) is 6.92 Å². The molecular weight excluding hydrogens is 204 g/mol. The minimum absolute atomic E-state index is 0.0116. The fraction of sp³-hybridized carbons (Fsp3) is 0.917. The van der Waals surface area contributed by atoms with Crippen LogP contribution in [0, 0.1) is 0 Å². The first-order chi connectivity index (χ1) is 7.41. The fourth-order valence-electron chi connectivity index (χ4n) is 2.47. The average Bonchev–Trinajstić information content (AvgIpc) is 2.48. The summed E-state index contributed by atoms with van der Waals surface area (Å²) in [7, 11) is 0. The number of carbonyl (C=O) groups excluding carboxylic acids is 1. The van der Waals surface area contributed by atoms with E-state index in [2.05, 4.69) is 5.32 Å². The third-order valence-corrected chi connectivity index (χ3v) is 3.21. The molecule has 0 bridgehead atoms. The molecule has 94 valence electrons. The van der Waals surface area contributed by atoms with Crippen molar-refractivity contribution in [1.82, 2.24) is 5.32 Å². The van der Waals surface area contributed by atoms with Gasteiger partial charge in [0.1, 0.15) is 0 Å². The Labute approximate surface area is 97.6 Å². The van der Waals surface area contributed by atoms with Crippen LogP contribution in [0.3, 0.4) is 0 Å². The largest absolute Gasteiger partial charge is 0.393 e. The van der Waals surface area contributed by atoms with Gasteiger partial charge in [0.05, 0.1) is 6.10 Å². The van der Waals surface area contributed by atoms with Gasteiger partial charge in [-0.1, -0.05) is 12.8 Å². The van der Waals surface area contributed by atoms with Crippen LogP contribution in [-0.2, 0) is 4.79 Å². The van der Waals surface area contributed by atoms with Gasteiger partial charge in [-0.2, -0.15) is 0 Å². The van der Waals surface area contributed by atoms with Crippen LogP contribution in [0.15, 0.2) is 0 Å². The first kappa shape index (κ1) is 13.5. The summed E-state index contributed by atoms with van der Waals surface area (Å²) < 4.78 is 0. The molecule has 4 N–H and O–H groups in total. The zero-order valence-corrected chi connectivity index (χ0v) is 10.3. The lowest BCUT2D eigenvalue weighted by Gasteiger charge is -2.24. The summed E-state index contributed by atoms with van der Waals surface area (Å²) in [5.41, 5.74) is 5.84. The van der Waals surface area contributed by atoms with E-state index in [9.17, 15) is 9.90 Å². The molecule has 1 aliphatic carbocycles. The van der Waals surface area contributed by atoms with Gasteiger partial charge in [-0.15, -0.1) is 0 Å². The van der Waals surface area contributed by atoms with Gasteiger partial charge >= 0.3 is 0 Å². The second-order valence-corrected chi connectivity index (χ2v) is 5.30. The number of nitrogens with two attached hydrogens (primary N) is 1. The number of nitrogens with one attached hydrogen (secondary N) is 1. The van der Waals surface area contributed by atoms with Crippen LogP contribution in [0.4, 0.5) is 0 Å². The molecule has 0 radical (unpaired) electrons. The minimum Gasteiger partial charge on any atom is -0.393 e. The Morgan fingerprint density at radius 1 is 1.44 bits per heavy atom. The Morgan fingerprint density at radius 3 is 2.50 bits per heavy atom. The molecule has 0 aromatic rings. The van der Waals surface area contributed by atoms with Crippen molar-refractivity contribution in [3.8, 4) is 0 Å². The maximum Gasteiger partial charge on any atom is 0.222 e. The van der Waals surface area contributed by atoms with E-state index in [1.165, 1.54) is 0 Å². The van der Waals surface area contributed by atoms with Crippen LogP contribution in [0.2, 0.25) is 0 Å². The lowest BCUT2D eigenvalue weighted by Crippen LogP contribution is -2.44. The summed E-state index contributed by atoms with van der Waals surface area (Å²) in [5.74, 6) is 0.0116. The molecule has 4 heteroatoms. The number of carbonyl (C=O) groups is 1. The number of hydrogen-bond acceptors (Lipinski definition) is 3. The number of rotatable bonds is 5. The van der Waals surface area contributed by atoms with E-state index < -0.39 is 0 Å². The van der Waals surface area contributed by atoms with Gasteiger partial charge in [-0.3, -0.25) is 4.79 Å². The van der Waals surface area contributed by atoms with Crippen LogP contribution >= 0.6 is 0 Å². The molecule has 0 aromatic carbocycles. The molecule has 2 unspecified atom stereocenters. The molecule has 1 aliphatic rings. The van der Waals surface area contributed by atoms with Crippen LogP contribution in [-0.4, -0.2) is 28.7 Å². The topological polar surface area (TPSA) is 75.3 Å². The lowest BCUT2D eigenvalue weighted by atomic mass is 9.94. The molecule has 1 rings (SSSR count). The maximum absolute atomic E-state index is 11.7. The van der Waals surface area contributed by atoms with Gasteiger partial charge < -0.3 is 16.2 Å². The predicted molar refractivity (Wildman–Crippen MR) is 63.9 cm³/mol. The summed E-state index contributed by atoms with van der Waals surface area (Å²) in [6.07, 6.45) is 4.78. The van der Waals surface area contributed by atoms with Crippen molar-refractivity contribution in [2.45, 2.75) is 70.1 Å². The highest BCUT2D eigenvalue weighted by molar-refractivity contribution is 5.77. The average molecular weight is 228 g/mol. The van der Waals surface area contributed by atoms with Crippen LogP contribution in [0.25, 0.3) is 0 Å². The zero-order valence-electron chi connectivity index (χ0n) is 10.3. The molecule has 0 aliphatic heterocycles.